The molecule has 142 valence electrons. The number of nitrogens with zero attached hydrogens (tertiary/aromatic N) is 1. The number of hydrogen-bond acceptors (Lipinski definition) is 3. The van der Waals surface area contributed by atoms with E-state index in [9.17, 15) is 30.7 Å². The molecule has 0 aliphatic heterocycles. The summed E-state index contributed by atoms with van der Waals surface area (Å²) in [4.78, 5) is 3.49. The Bertz CT molecular complexity index is 808. The molecule has 0 unspecified atom stereocenters. The van der Waals surface area contributed by atoms with Crippen LogP contribution >= 0.6 is 23.4 Å². The molecule has 0 amide bonds. The van der Waals surface area contributed by atoms with Crippen LogP contribution in [0.2, 0.25) is 5.02 Å². The van der Waals surface area contributed by atoms with Crippen molar-refractivity contribution in [3.05, 3.63) is 46.4 Å². The van der Waals surface area contributed by atoms with Crippen LogP contribution in [0.5, 0.6) is 11.6 Å². The van der Waals surface area contributed by atoms with Crippen molar-refractivity contribution in [2.45, 2.75) is 24.2 Å². The van der Waals surface area contributed by atoms with Crippen LogP contribution in [0.4, 0.5) is 30.7 Å². The maximum absolute atomic E-state index is 14.0. The van der Waals surface area contributed by atoms with E-state index < -0.39 is 46.1 Å². The molecule has 1 aromatic heterocycles. The van der Waals surface area contributed by atoms with Crippen molar-refractivity contribution in [3.63, 3.8) is 0 Å². The van der Waals surface area contributed by atoms with Crippen LogP contribution in [-0.2, 0) is 6.18 Å². The zero-order chi connectivity index (χ0) is 19.7. The van der Waals surface area contributed by atoms with E-state index in [2.05, 4.69) is 4.98 Å². The van der Waals surface area contributed by atoms with Gasteiger partial charge in [-0.25, -0.2) is 9.37 Å². The molecular weight excluding hydrogens is 411 g/mol. The van der Waals surface area contributed by atoms with E-state index in [4.69, 9.17) is 16.3 Å². The zero-order valence-corrected chi connectivity index (χ0v) is 14.4. The molecule has 2 nitrogen and oxygen atoms in total. The summed E-state index contributed by atoms with van der Waals surface area (Å²) < 4.78 is 93.8. The highest BCUT2D eigenvalue weighted by atomic mass is 35.5. The average molecular weight is 420 g/mol. The van der Waals surface area contributed by atoms with Gasteiger partial charge in [-0.1, -0.05) is 11.6 Å². The minimum Gasteiger partial charge on any atom is -0.434 e. The van der Waals surface area contributed by atoms with Crippen molar-refractivity contribution in [2.75, 3.05) is 5.75 Å². The number of aromatic nitrogens is 1. The Morgan fingerprint density at radius 1 is 1.12 bits per heavy atom. The monoisotopic (exact) mass is 419 g/mol. The third-order valence-electron chi connectivity index (χ3n) is 2.96. The number of alkyl halides is 6. The van der Waals surface area contributed by atoms with E-state index in [0.717, 1.165) is 12.1 Å². The van der Waals surface area contributed by atoms with Gasteiger partial charge in [0, 0.05) is 11.1 Å². The third kappa shape index (κ3) is 5.41. The summed E-state index contributed by atoms with van der Waals surface area (Å²) in [6, 6.07) is 2.51. The normalized spacial score (nSPS) is 12.3. The second-order valence-electron chi connectivity index (χ2n) is 5.06. The highest BCUT2D eigenvalue weighted by Gasteiger charge is 2.32. The first kappa shape index (κ1) is 20.6. The summed E-state index contributed by atoms with van der Waals surface area (Å²) in [5, 5.41) is -0.524. The van der Waals surface area contributed by atoms with Crippen molar-refractivity contribution in [1.82, 2.24) is 4.98 Å². The van der Waals surface area contributed by atoms with Gasteiger partial charge in [-0.3, -0.25) is 0 Å². The van der Waals surface area contributed by atoms with Crippen LogP contribution in [0.1, 0.15) is 11.1 Å². The molecule has 0 N–H and O–H groups in total. The Kier molecular flexibility index (Phi) is 5.96. The van der Waals surface area contributed by atoms with Gasteiger partial charge in [-0.15, -0.1) is 11.8 Å². The molecule has 1 heterocycles. The van der Waals surface area contributed by atoms with Gasteiger partial charge >= 0.3 is 12.4 Å². The molecule has 0 saturated carbocycles. The molecule has 0 aliphatic carbocycles. The number of thioether (sulfide) groups is 1. The molecule has 0 fully saturated rings. The topological polar surface area (TPSA) is 22.1 Å². The Labute approximate surface area is 152 Å². The lowest BCUT2D eigenvalue weighted by molar-refractivity contribution is -0.137. The summed E-state index contributed by atoms with van der Waals surface area (Å²) in [6.45, 7) is 1.41. The smallest absolute Gasteiger partial charge is 0.417 e. The lowest BCUT2D eigenvalue weighted by atomic mass is 10.2. The van der Waals surface area contributed by atoms with E-state index in [0.29, 0.717) is 24.0 Å². The van der Waals surface area contributed by atoms with Gasteiger partial charge < -0.3 is 4.74 Å². The fraction of sp³-hybridized carbons (Fsp3) is 0.267. The van der Waals surface area contributed by atoms with Crippen molar-refractivity contribution in [3.8, 4) is 11.6 Å². The predicted molar refractivity (Wildman–Crippen MR) is 82.2 cm³/mol. The molecule has 0 spiro atoms. The van der Waals surface area contributed by atoms with Gasteiger partial charge in [0.15, 0.2) is 11.6 Å². The van der Waals surface area contributed by atoms with Crippen LogP contribution in [0.3, 0.4) is 0 Å². The van der Waals surface area contributed by atoms with E-state index in [1.807, 2.05) is 0 Å². The van der Waals surface area contributed by atoms with Gasteiger partial charge in [-0.05, 0) is 30.7 Å². The largest absolute Gasteiger partial charge is 0.434 e. The summed E-state index contributed by atoms with van der Waals surface area (Å²) in [6.07, 6.45) is -8.65. The first-order valence-corrected chi connectivity index (χ1v) is 8.13. The minimum absolute atomic E-state index is 0.0989. The molecule has 26 heavy (non-hydrogen) atoms. The second kappa shape index (κ2) is 7.51. The highest BCUT2D eigenvalue weighted by molar-refractivity contribution is 7.99. The Hall–Kier alpha value is -1.68. The van der Waals surface area contributed by atoms with Crippen LogP contribution in [0, 0.1) is 12.7 Å². The SMILES string of the molecule is Cc1cc(F)c(Oc2ncc(C(F)(F)F)cc2Cl)cc1SCC(F)(F)F. The maximum atomic E-state index is 14.0. The standard InChI is InChI=1S/C15H9ClF7NOS/c1-7-2-10(17)11(4-12(7)26-6-14(18,19)20)25-13-9(16)3-8(5-24-13)15(21,22)23/h2-5H,6H2,1H3. The summed E-state index contributed by atoms with van der Waals surface area (Å²) in [5.74, 6) is -3.13. The molecule has 0 atom stereocenters. The summed E-state index contributed by atoms with van der Waals surface area (Å²) >= 11 is 6.09. The van der Waals surface area contributed by atoms with Gasteiger partial charge in [0.05, 0.1) is 11.3 Å². The maximum Gasteiger partial charge on any atom is 0.417 e. The van der Waals surface area contributed by atoms with E-state index in [1.165, 1.54) is 6.92 Å². The van der Waals surface area contributed by atoms with Crippen LogP contribution in [-0.4, -0.2) is 16.9 Å². The lowest BCUT2D eigenvalue weighted by Gasteiger charge is -2.13. The molecular formula is C15H9ClF7NOS. The van der Waals surface area contributed by atoms with Crippen molar-refractivity contribution >= 4 is 23.4 Å². The molecule has 1 aromatic carbocycles. The number of hydrogen-bond donors (Lipinski definition) is 0. The molecule has 2 aromatic rings. The second-order valence-corrected chi connectivity index (χ2v) is 6.49. The number of pyridine rings is 1. The summed E-state index contributed by atoms with van der Waals surface area (Å²) in [5.41, 5.74) is -0.878. The molecule has 11 heteroatoms. The fourth-order valence-electron chi connectivity index (χ4n) is 1.79. The number of rotatable bonds is 4. The molecule has 0 saturated heterocycles. The van der Waals surface area contributed by atoms with Gasteiger partial charge in [0.2, 0.25) is 5.88 Å². The first-order valence-electron chi connectivity index (χ1n) is 6.77. The van der Waals surface area contributed by atoms with Crippen molar-refractivity contribution in [1.29, 1.82) is 0 Å². The van der Waals surface area contributed by atoms with E-state index >= 15 is 0 Å². The average Bonchev–Trinajstić information content (AvgIpc) is 2.48. The van der Waals surface area contributed by atoms with Crippen LogP contribution in [0.25, 0.3) is 0 Å². The van der Waals surface area contributed by atoms with E-state index in [1.54, 1.807) is 0 Å². The van der Waals surface area contributed by atoms with Crippen LogP contribution in [0.15, 0.2) is 29.3 Å². The number of ether oxygens (including phenoxy) is 1. The number of benzene rings is 1. The van der Waals surface area contributed by atoms with Crippen LogP contribution < -0.4 is 4.74 Å². The van der Waals surface area contributed by atoms with Gasteiger partial charge in [0.25, 0.3) is 0 Å². The lowest BCUT2D eigenvalue weighted by Crippen LogP contribution is -2.10. The molecule has 0 aliphatic rings. The Morgan fingerprint density at radius 2 is 1.77 bits per heavy atom. The van der Waals surface area contributed by atoms with Crippen molar-refractivity contribution in [2.24, 2.45) is 0 Å². The number of halogens is 8. The number of aryl methyl sites for hydroxylation is 1. The molecule has 0 bridgehead atoms. The molecule has 2 rings (SSSR count). The fourth-order valence-corrected chi connectivity index (χ4v) is 2.79. The zero-order valence-electron chi connectivity index (χ0n) is 12.8. The van der Waals surface area contributed by atoms with E-state index in [-0.39, 0.29) is 10.5 Å². The first-order chi connectivity index (χ1) is 11.9. The van der Waals surface area contributed by atoms with Crippen molar-refractivity contribution < 1.29 is 35.5 Å². The minimum atomic E-state index is -4.67. The Balaban J connectivity index is 2.29. The highest BCUT2D eigenvalue weighted by Crippen LogP contribution is 2.37. The van der Waals surface area contributed by atoms with Gasteiger partial charge in [0.1, 0.15) is 5.02 Å². The summed E-state index contributed by atoms with van der Waals surface area (Å²) in [7, 11) is 0. The Morgan fingerprint density at radius 3 is 2.31 bits per heavy atom. The molecule has 0 radical (unpaired) electrons. The van der Waals surface area contributed by atoms with Gasteiger partial charge in [-0.2, -0.15) is 26.3 Å². The third-order valence-corrected chi connectivity index (χ3v) is 4.46. The quantitative estimate of drug-likeness (QED) is 0.409. The predicted octanol–water partition coefficient (Wildman–Crippen LogP) is 6.65.